The van der Waals surface area contributed by atoms with Crippen LogP contribution in [-0.4, -0.2) is 15.8 Å². The van der Waals surface area contributed by atoms with Gasteiger partial charge in [-0.1, -0.05) is 13.3 Å². The van der Waals surface area contributed by atoms with Gasteiger partial charge in [-0.3, -0.25) is 4.68 Å². The average molecular weight is 219 g/mol. The fourth-order valence-electron chi connectivity index (χ4n) is 3.04. The summed E-state index contributed by atoms with van der Waals surface area (Å²) in [5.74, 6) is 0.932. The van der Waals surface area contributed by atoms with E-state index in [2.05, 4.69) is 30.6 Å². The van der Waals surface area contributed by atoms with Crippen LogP contribution in [0.5, 0.6) is 0 Å². The van der Waals surface area contributed by atoms with Crippen molar-refractivity contribution in [3.8, 4) is 0 Å². The average Bonchev–Trinajstić information content (AvgIpc) is 2.95. The maximum Gasteiger partial charge on any atom is 0.0540 e. The Hall–Kier alpha value is -0.830. The van der Waals surface area contributed by atoms with Crippen LogP contribution in [0.1, 0.15) is 49.9 Å². The molecule has 1 aromatic rings. The molecular formula is C13H21N3. The van der Waals surface area contributed by atoms with Crippen LogP contribution in [0.4, 0.5) is 0 Å². The molecule has 0 amide bonds. The van der Waals surface area contributed by atoms with E-state index in [0.717, 1.165) is 12.0 Å². The maximum atomic E-state index is 4.39. The highest BCUT2D eigenvalue weighted by molar-refractivity contribution is 5.25. The molecule has 1 heterocycles. The van der Waals surface area contributed by atoms with Crippen molar-refractivity contribution < 1.29 is 0 Å². The van der Waals surface area contributed by atoms with E-state index in [0.29, 0.717) is 6.04 Å². The van der Waals surface area contributed by atoms with Gasteiger partial charge in [-0.15, -0.1) is 0 Å². The monoisotopic (exact) mass is 219 g/mol. The first-order valence-electron chi connectivity index (χ1n) is 6.56. The van der Waals surface area contributed by atoms with Crippen LogP contribution in [-0.2, 0) is 13.5 Å². The second-order valence-electron chi connectivity index (χ2n) is 5.29. The molecule has 0 aliphatic heterocycles. The number of nitrogens with zero attached hydrogens (tertiary/aromatic N) is 2. The fourth-order valence-corrected chi connectivity index (χ4v) is 3.04. The Kier molecular flexibility index (Phi) is 2.51. The van der Waals surface area contributed by atoms with Gasteiger partial charge in [0.15, 0.2) is 0 Å². The van der Waals surface area contributed by atoms with E-state index in [1.165, 1.54) is 43.4 Å². The Bertz CT molecular complexity index is 383. The summed E-state index contributed by atoms with van der Waals surface area (Å²) in [6, 6.07) is 1.35. The molecule has 3 unspecified atom stereocenters. The Morgan fingerprint density at radius 3 is 3.19 bits per heavy atom. The third-order valence-electron chi connectivity index (χ3n) is 4.24. The van der Waals surface area contributed by atoms with Gasteiger partial charge in [0.25, 0.3) is 0 Å². The van der Waals surface area contributed by atoms with Gasteiger partial charge in [0.05, 0.1) is 6.20 Å². The Morgan fingerprint density at radius 1 is 1.56 bits per heavy atom. The van der Waals surface area contributed by atoms with E-state index in [-0.39, 0.29) is 0 Å². The third kappa shape index (κ3) is 1.67. The molecule has 1 saturated carbocycles. The first-order chi connectivity index (χ1) is 7.79. The molecule has 2 aliphatic carbocycles. The number of aryl methyl sites for hydroxylation is 1. The summed E-state index contributed by atoms with van der Waals surface area (Å²) in [6.07, 6.45) is 8.55. The first-order valence-corrected chi connectivity index (χ1v) is 6.56. The van der Waals surface area contributed by atoms with E-state index in [9.17, 15) is 0 Å². The number of fused-ring (bicyclic) bond motifs is 1. The minimum absolute atomic E-state index is 0.569. The van der Waals surface area contributed by atoms with Gasteiger partial charge in [-0.05, 0) is 31.6 Å². The molecule has 2 aliphatic rings. The highest BCUT2D eigenvalue weighted by Crippen LogP contribution is 2.38. The third-order valence-corrected chi connectivity index (χ3v) is 4.24. The van der Waals surface area contributed by atoms with Crippen molar-refractivity contribution in [2.45, 2.75) is 51.1 Å². The van der Waals surface area contributed by atoms with E-state index in [1.54, 1.807) is 0 Å². The van der Waals surface area contributed by atoms with Gasteiger partial charge in [0.2, 0.25) is 0 Å². The lowest BCUT2D eigenvalue weighted by Gasteiger charge is -2.24. The second kappa shape index (κ2) is 3.88. The molecule has 0 saturated heterocycles. The van der Waals surface area contributed by atoms with Gasteiger partial charge in [-0.2, -0.15) is 5.10 Å². The highest BCUT2D eigenvalue weighted by atomic mass is 15.3. The van der Waals surface area contributed by atoms with Crippen molar-refractivity contribution in [2.75, 3.05) is 0 Å². The molecule has 0 spiro atoms. The maximum absolute atomic E-state index is 4.39. The molecule has 0 aromatic carbocycles. The molecule has 88 valence electrons. The largest absolute Gasteiger partial charge is 0.307 e. The van der Waals surface area contributed by atoms with Gasteiger partial charge >= 0.3 is 0 Å². The number of nitrogens with one attached hydrogen (secondary N) is 1. The second-order valence-corrected chi connectivity index (χ2v) is 5.29. The highest BCUT2D eigenvalue weighted by Gasteiger charge is 2.37. The SMILES string of the molecule is CCC1CC1NC1CCCc2c1cnn2C. The topological polar surface area (TPSA) is 29.9 Å². The van der Waals surface area contributed by atoms with Crippen molar-refractivity contribution in [1.29, 1.82) is 0 Å². The molecule has 16 heavy (non-hydrogen) atoms. The number of hydrogen-bond donors (Lipinski definition) is 1. The van der Waals surface area contributed by atoms with Crippen LogP contribution < -0.4 is 5.32 Å². The number of aromatic nitrogens is 2. The van der Waals surface area contributed by atoms with E-state index in [1.807, 2.05) is 4.68 Å². The van der Waals surface area contributed by atoms with Crippen molar-refractivity contribution in [2.24, 2.45) is 13.0 Å². The molecule has 3 nitrogen and oxygen atoms in total. The van der Waals surface area contributed by atoms with Crippen LogP contribution in [0, 0.1) is 5.92 Å². The first kappa shape index (κ1) is 10.3. The molecule has 3 atom stereocenters. The lowest BCUT2D eigenvalue weighted by molar-refractivity contribution is 0.438. The quantitative estimate of drug-likeness (QED) is 0.844. The summed E-state index contributed by atoms with van der Waals surface area (Å²) in [7, 11) is 2.06. The summed E-state index contributed by atoms with van der Waals surface area (Å²) >= 11 is 0. The Labute approximate surface area is 97.2 Å². The van der Waals surface area contributed by atoms with Crippen molar-refractivity contribution in [3.63, 3.8) is 0 Å². The Morgan fingerprint density at radius 2 is 2.44 bits per heavy atom. The summed E-state index contributed by atoms with van der Waals surface area (Å²) in [5.41, 5.74) is 2.90. The minimum atomic E-state index is 0.569. The van der Waals surface area contributed by atoms with E-state index in [4.69, 9.17) is 0 Å². The van der Waals surface area contributed by atoms with Crippen molar-refractivity contribution in [3.05, 3.63) is 17.5 Å². The van der Waals surface area contributed by atoms with E-state index >= 15 is 0 Å². The van der Waals surface area contributed by atoms with Crippen LogP contribution in [0.2, 0.25) is 0 Å². The zero-order valence-electron chi connectivity index (χ0n) is 10.2. The molecular weight excluding hydrogens is 198 g/mol. The standard InChI is InChI=1S/C13H21N3/c1-3-9-7-12(9)15-11-5-4-6-13-10(11)8-14-16(13)2/h8-9,11-12,15H,3-7H2,1-2H3. The Balaban J connectivity index is 1.73. The van der Waals surface area contributed by atoms with Crippen LogP contribution >= 0.6 is 0 Å². The fraction of sp³-hybridized carbons (Fsp3) is 0.769. The minimum Gasteiger partial charge on any atom is -0.307 e. The van der Waals surface area contributed by atoms with Gasteiger partial charge < -0.3 is 5.32 Å². The normalized spacial score (nSPS) is 32.5. The lowest BCUT2D eigenvalue weighted by Crippen LogP contribution is -2.27. The van der Waals surface area contributed by atoms with Crippen LogP contribution in [0.25, 0.3) is 0 Å². The molecule has 0 radical (unpaired) electrons. The molecule has 3 rings (SSSR count). The number of rotatable bonds is 3. The molecule has 1 N–H and O–H groups in total. The van der Waals surface area contributed by atoms with Crippen molar-refractivity contribution >= 4 is 0 Å². The van der Waals surface area contributed by atoms with E-state index < -0.39 is 0 Å². The van der Waals surface area contributed by atoms with Gasteiger partial charge in [0.1, 0.15) is 0 Å². The smallest absolute Gasteiger partial charge is 0.0540 e. The predicted octanol–water partition coefficient (Wildman–Crippen LogP) is 2.19. The van der Waals surface area contributed by atoms with Crippen molar-refractivity contribution in [1.82, 2.24) is 15.1 Å². The summed E-state index contributed by atoms with van der Waals surface area (Å²) in [5, 5.41) is 8.20. The summed E-state index contributed by atoms with van der Waals surface area (Å²) in [6.45, 7) is 2.29. The zero-order valence-corrected chi connectivity index (χ0v) is 10.2. The zero-order chi connectivity index (χ0) is 11.1. The number of hydrogen-bond acceptors (Lipinski definition) is 2. The van der Waals surface area contributed by atoms with Gasteiger partial charge in [-0.25, -0.2) is 0 Å². The molecule has 3 heteroatoms. The summed E-state index contributed by atoms with van der Waals surface area (Å²) < 4.78 is 2.05. The van der Waals surface area contributed by atoms with Crippen LogP contribution in [0.3, 0.4) is 0 Å². The van der Waals surface area contributed by atoms with Crippen LogP contribution in [0.15, 0.2) is 6.20 Å². The lowest BCUT2D eigenvalue weighted by atomic mass is 9.93. The molecule has 1 fully saturated rings. The predicted molar refractivity (Wildman–Crippen MR) is 64.2 cm³/mol. The van der Waals surface area contributed by atoms with Gasteiger partial charge in [0, 0.05) is 30.4 Å². The summed E-state index contributed by atoms with van der Waals surface area (Å²) in [4.78, 5) is 0. The molecule has 0 bridgehead atoms. The molecule has 1 aromatic heterocycles.